The van der Waals surface area contributed by atoms with Crippen LogP contribution in [0, 0.1) is 0 Å². The number of carboxylic acids is 3. The Morgan fingerprint density at radius 1 is 0.571 bits per heavy atom. The zero-order valence-electron chi connectivity index (χ0n) is 20.0. The molecular formula is C18H30FeN3NaO12. The molecule has 0 spiro atoms. The van der Waals surface area contributed by atoms with Crippen LogP contribution in [0.4, 0.5) is 0 Å². The molecule has 0 aliphatic rings. The number of hydrogen-bond donors (Lipinski definition) is 3. The van der Waals surface area contributed by atoms with Crippen LogP contribution in [-0.2, 0) is 60.0 Å². The Morgan fingerprint density at radius 2 is 0.743 bits per heavy atom. The molecule has 0 saturated heterocycles. The first kappa shape index (κ1) is 43.3. The molecule has 0 heterocycles. The van der Waals surface area contributed by atoms with Crippen molar-refractivity contribution in [1.29, 1.82) is 0 Å². The standard InChI is InChI=1S/3C6H11NO4.Fe.Na/c3*1-11-6(10)4(7)2-3-5(8)9;;/h3*4H,2-3,7H2,1H3,(H,8,9);;/q;;;+2;+1/p-3/t3*4-;;/m000../s1. The third-order valence-corrected chi connectivity index (χ3v) is 3.49. The van der Waals surface area contributed by atoms with Crippen molar-refractivity contribution >= 4 is 35.8 Å². The Balaban J connectivity index is -0.000000125. The molecule has 0 aliphatic carbocycles. The molecule has 0 aliphatic heterocycles. The molecule has 0 radical (unpaired) electrons. The minimum atomic E-state index is -1.22. The summed E-state index contributed by atoms with van der Waals surface area (Å²) in [5, 5.41) is 29.7. The van der Waals surface area contributed by atoms with Gasteiger partial charge in [0.1, 0.15) is 18.1 Å². The number of esters is 3. The summed E-state index contributed by atoms with van der Waals surface area (Å²) in [6, 6.07) is -2.59. The van der Waals surface area contributed by atoms with Crippen molar-refractivity contribution < 1.29 is 105 Å². The average Bonchev–Trinajstić information content (AvgIpc) is 2.78. The van der Waals surface area contributed by atoms with E-state index in [9.17, 15) is 44.1 Å². The molecule has 35 heavy (non-hydrogen) atoms. The van der Waals surface area contributed by atoms with E-state index in [1.54, 1.807) is 0 Å². The predicted molar refractivity (Wildman–Crippen MR) is 103 cm³/mol. The molecule has 0 saturated carbocycles. The van der Waals surface area contributed by atoms with Crippen molar-refractivity contribution in [2.45, 2.75) is 56.7 Å². The van der Waals surface area contributed by atoms with Crippen LogP contribution in [-0.4, -0.2) is 75.3 Å². The van der Waals surface area contributed by atoms with Crippen LogP contribution in [0.3, 0.4) is 0 Å². The predicted octanol–water partition coefficient (Wildman–Crippen LogP) is -8.95. The summed E-state index contributed by atoms with van der Waals surface area (Å²) in [4.78, 5) is 61.4. The van der Waals surface area contributed by atoms with Crippen molar-refractivity contribution in [3.05, 3.63) is 0 Å². The number of hydrogen-bond acceptors (Lipinski definition) is 15. The molecule has 3 atom stereocenters. The third kappa shape index (κ3) is 30.2. The molecule has 0 fully saturated rings. The number of aliphatic carboxylic acids is 3. The van der Waals surface area contributed by atoms with E-state index >= 15 is 0 Å². The maximum Gasteiger partial charge on any atom is 2.00 e. The summed E-state index contributed by atoms with van der Waals surface area (Å²) in [6.07, 6.45) is -0.526. The van der Waals surface area contributed by atoms with E-state index in [0.29, 0.717) is 0 Å². The largest absolute Gasteiger partial charge is 2.00 e. The molecule has 0 aromatic heterocycles. The Morgan fingerprint density at radius 3 is 0.857 bits per heavy atom. The second-order valence-electron chi connectivity index (χ2n) is 6.12. The normalized spacial score (nSPS) is 11.5. The van der Waals surface area contributed by atoms with Gasteiger partial charge in [0.25, 0.3) is 0 Å². The van der Waals surface area contributed by atoms with E-state index in [1.165, 1.54) is 21.3 Å². The van der Waals surface area contributed by atoms with Gasteiger partial charge in [0.15, 0.2) is 0 Å². The van der Waals surface area contributed by atoms with Gasteiger partial charge in [-0.05, 0) is 38.5 Å². The molecule has 0 rings (SSSR count). The topological polar surface area (TPSA) is 277 Å². The van der Waals surface area contributed by atoms with Crippen LogP contribution in [0.25, 0.3) is 0 Å². The number of rotatable bonds is 12. The van der Waals surface area contributed by atoms with Crippen molar-refractivity contribution in [2.75, 3.05) is 21.3 Å². The molecular weight excluding hydrogens is 529 g/mol. The smallest absolute Gasteiger partial charge is 0.550 e. The number of methoxy groups -OCH3 is 3. The van der Waals surface area contributed by atoms with Gasteiger partial charge in [0, 0.05) is 17.9 Å². The number of nitrogens with two attached hydrogens (primary N) is 3. The van der Waals surface area contributed by atoms with Gasteiger partial charge in [-0.3, -0.25) is 14.4 Å². The zero-order chi connectivity index (χ0) is 26.6. The first-order chi connectivity index (χ1) is 15.2. The minimum absolute atomic E-state index is 0. The minimum Gasteiger partial charge on any atom is -0.550 e. The Hall–Kier alpha value is -1.78. The van der Waals surface area contributed by atoms with E-state index in [4.69, 9.17) is 17.2 Å². The summed E-state index contributed by atoms with van der Waals surface area (Å²) >= 11 is 0. The SMILES string of the molecule is COC(=O)[C@@H](N)CCC(=O)[O-].COC(=O)[C@@H](N)CCC(=O)[O-].COC(=O)[C@@H](N)CCC(=O)[O-].[Fe+2].[Na+]. The van der Waals surface area contributed by atoms with Gasteiger partial charge in [-0.2, -0.15) is 0 Å². The average molecular weight is 559 g/mol. The summed E-state index contributed by atoms with van der Waals surface area (Å²) in [6.45, 7) is 0. The van der Waals surface area contributed by atoms with Gasteiger partial charge in [-0.1, -0.05) is 0 Å². The molecule has 0 aromatic carbocycles. The van der Waals surface area contributed by atoms with Crippen LogP contribution in [0.5, 0.6) is 0 Å². The number of carbonyl (C=O) groups is 6. The van der Waals surface area contributed by atoms with Crippen molar-refractivity contribution in [3.63, 3.8) is 0 Å². The van der Waals surface area contributed by atoms with E-state index in [0.717, 1.165) is 0 Å². The van der Waals surface area contributed by atoms with Crippen molar-refractivity contribution in [1.82, 2.24) is 0 Å². The Labute approximate surface area is 235 Å². The van der Waals surface area contributed by atoms with Gasteiger partial charge in [-0.15, -0.1) is 0 Å². The maximum absolute atomic E-state index is 10.6. The molecule has 17 heteroatoms. The molecule has 198 valence electrons. The summed E-state index contributed by atoms with van der Waals surface area (Å²) < 4.78 is 12.8. The second kappa shape index (κ2) is 26.8. The number of carboxylic acid groups (broad SMARTS) is 3. The van der Waals surface area contributed by atoms with Crippen LogP contribution in [0.1, 0.15) is 38.5 Å². The fourth-order valence-corrected chi connectivity index (χ4v) is 1.63. The first-order valence-corrected chi connectivity index (χ1v) is 9.33. The van der Waals surface area contributed by atoms with Crippen LogP contribution in [0.2, 0.25) is 0 Å². The number of ether oxygens (including phenoxy) is 3. The van der Waals surface area contributed by atoms with Gasteiger partial charge in [-0.25, -0.2) is 0 Å². The summed E-state index contributed by atoms with van der Waals surface area (Å²) in [5.41, 5.74) is 15.6. The third-order valence-electron chi connectivity index (χ3n) is 3.49. The molecule has 0 amide bonds. The van der Waals surface area contributed by atoms with E-state index < -0.39 is 53.9 Å². The molecule has 0 unspecified atom stereocenters. The maximum atomic E-state index is 10.6. The summed E-state index contributed by atoms with van der Waals surface area (Å²) in [5.74, 6) is -5.47. The van der Waals surface area contributed by atoms with Crippen molar-refractivity contribution in [3.8, 4) is 0 Å². The number of carbonyl (C=O) groups excluding carboxylic acids is 6. The van der Waals surface area contributed by atoms with Crippen molar-refractivity contribution in [2.24, 2.45) is 17.2 Å². The van der Waals surface area contributed by atoms with E-state index in [2.05, 4.69) is 14.2 Å². The summed E-state index contributed by atoms with van der Waals surface area (Å²) in [7, 11) is 3.59. The first-order valence-electron chi connectivity index (χ1n) is 9.33. The Bertz CT molecular complexity index is 569. The molecule has 15 nitrogen and oxygen atoms in total. The van der Waals surface area contributed by atoms with Crippen LogP contribution < -0.4 is 62.1 Å². The van der Waals surface area contributed by atoms with Crippen LogP contribution >= 0.6 is 0 Å². The van der Waals surface area contributed by atoms with Gasteiger partial charge in [0.2, 0.25) is 0 Å². The van der Waals surface area contributed by atoms with Crippen LogP contribution in [0.15, 0.2) is 0 Å². The second-order valence-corrected chi connectivity index (χ2v) is 6.12. The van der Waals surface area contributed by atoms with Gasteiger partial charge in [0.05, 0.1) is 21.3 Å². The van der Waals surface area contributed by atoms with E-state index in [-0.39, 0.29) is 85.2 Å². The Kier molecular flexibility index (Phi) is 33.2. The fourth-order valence-electron chi connectivity index (χ4n) is 1.63. The van der Waals surface area contributed by atoms with Gasteiger partial charge >= 0.3 is 64.5 Å². The molecule has 6 N–H and O–H groups in total. The zero-order valence-corrected chi connectivity index (χ0v) is 23.1. The quantitative estimate of drug-likeness (QED) is 0.114. The molecule has 0 bridgehead atoms. The monoisotopic (exact) mass is 559 g/mol. The van der Waals surface area contributed by atoms with Gasteiger partial charge < -0.3 is 61.1 Å². The fraction of sp³-hybridized carbons (Fsp3) is 0.667. The van der Waals surface area contributed by atoms with E-state index in [1.807, 2.05) is 0 Å². The molecule has 0 aromatic rings.